The van der Waals surface area contributed by atoms with E-state index in [1.165, 1.54) is 6.33 Å². The minimum absolute atomic E-state index is 0.169. The molecule has 100 valence electrons. The van der Waals surface area contributed by atoms with Crippen molar-refractivity contribution < 1.29 is 4.74 Å². The van der Waals surface area contributed by atoms with Crippen LogP contribution in [0.5, 0.6) is 11.6 Å². The van der Waals surface area contributed by atoms with Crippen LogP contribution in [0.3, 0.4) is 0 Å². The number of hydrogen-bond donors (Lipinski definition) is 1. The van der Waals surface area contributed by atoms with E-state index in [4.69, 9.17) is 22.1 Å². The predicted octanol–water partition coefficient (Wildman–Crippen LogP) is 4.39. The Kier molecular flexibility index (Phi) is 4.27. The zero-order chi connectivity index (χ0) is 14.0. The normalized spacial score (nSPS) is 10.8. The zero-order valence-corrected chi connectivity index (χ0v) is 12.9. The Morgan fingerprint density at radius 2 is 2.05 bits per heavy atom. The monoisotopic (exact) mass is 341 g/mol. The molecular formula is C13H13BrClN3O. The number of halogens is 2. The maximum absolute atomic E-state index is 5.90. The van der Waals surface area contributed by atoms with E-state index < -0.39 is 0 Å². The van der Waals surface area contributed by atoms with Crippen molar-refractivity contribution in [1.82, 2.24) is 9.97 Å². The predicted molar refractivity (Wildman–Crippen MR) is 79.8 cm³/mol. The molecule has 0 spiro atoms. The van der Waals surface area contributed by atoms with Gasteiger partial charge in [0.2, 0.25) is 5.88 Å². The number of anilines is 1. The zero-order valence-electron chi connectivity index (χ0n) is 10.5. The molecule has 6 heteroatoms. The summed E-state index contributed by atoms with van der Waals surface area (Å²) in [6.07, 6.45) is 1.39. The van der Waals surface area contributed by atoms with Gasteiger partial charge in [0.05, 0.1) is 10.0 Å². The third kappa shape index (κ3) is 3.16. The van der Waals surface area contributed by atoms with Gasteiger partial charge < -0.3 is 10.5 Å². The summed E-state index contributed by atoms with van der Waals surface area (Å²) in [6.45, 7) is 4.03. The van der Waals surface area contributed by atoms with E-state index in [9.17, 15) is 0 Å². The molecular weight excluding hydrogens is 330 g/mol. The van der Waals surface area contributed by atoms with E-state index in [0.717, 1.165) is 10.0 Å². The first kappa shape index (κ1) is 14.1. The summed E-state index contributed by atoms with van der Waals surface area (Å²) < 4.78 is 6.56. The number of ether oxygens (including phenoxy) is 1. The minimum Gasteiger partial charge on any atom is -0.437 e. The second kappa shape index (κ2) is 5.75. The fraction of sp³-hybridized carbons (Fsp3) is 0.231. The molecule has 0 saturated heterocycles. The molecule has 2 rings (SSSR count). The number of nitrogens with zero attached hydrogens (tertiary/aromatic N) is 2. The smallest absolute Gasteiger partial charge is 0.227 e. The molecule has 1 aromatic heterocycles. The van der Waals surface area contributed by atoms with Crippen molar-refractivity contribution in [2.75, 3.05) is 5.73 Å². The Bertz CT molecular complexity index is 604. The summed E-state index contributed by atoms with van der Waals surface area (Å²) in [5.41, 5.74) is 6.67. The molecule has 0 radical (unpaired) electrons. The van der Waals surface area contributed by atoms with Gasteiger partial charge in [-0.2, -0.15) is 0 Å². The molecule has 0 saturated carbocycles. The summed E-state index contributed by atoms with van der Waals surface area (Å²) in [7, 11) is 0. The lowest BCUT2D eigenvalue weighted by Crippen LogP contribution is -2.04. The largest absolute Gasteiger partial charge is 0.437 e. The van der Waals surface area contributed by atoms with Crippen molar-refractivity contribution in [2.45, 2.75) is 19.8 Å². The van der Waals surface area contributed by atoms with Crippen molar-refractivity contribution >= 4 is 33.3 Å². The first-order valence-corrected chi connectivity index (χ1v) is 6.89. The number of hydrogen-bond acceptors (Lipinski definition) is 4. The number of nitrogens with two attached hydrogens (primary N) is 1. The highest BCUT2D eigenvalue weighted by atomic mass is 79.9. The lowest BCUT2D eigenvalue weighted by molar-refractivity contribution is 0.449. The molecule has 1 heterocycles. The van der Waals surface area contributed by atoms with Crippen LogP contribution in [0.2, 0.25) is 5.02 Å². The SMILES string of the molecule is CC(C)c1c(N)ncnc1Oc1ccc(Cl)cc1Br. The summed E-state index contributed by atoms with van der Waals surface area (Å²) in [5.74, 6) is 1.70. The summed E-state index contributed by atoms with van der Waals surface area (Å²) in [6, 6.07) is 5.28. The standard InChI is InChI=1S/C13H13BrClN3O/c1-7(2)11-12(16)17-6-18-13(11)19-10-4-3-8(15)5-9(10)14/h3-7H,1-2H3,(H2,16,17,18). The Labute approximate surface area is 125 Å². The number of rotatable bonds is 3. The van der Waals surface area contributed by atoms with E-state index in [-0.39, 0.29) is 5.92 Å². The quantitative estimate of drug-likeness (QED) is 0.898. The molecule has 2 N–H and O–H groups in total. The van der Waals surface area contributed by atoms with Crippen molar-refractivity contribution in [3.05, 3.63) is 39.6 Å². The van der Waals surface area contributed by atoms with Crippen LogP contribution in [0.15, 0.2) is 29.0 Å². The second-order valence-electron chi connectivity index (χ2n) is 4.31. The van der Waals surface area contributed by atoms with E-state index in [0.29, 0.717) is 22.5 Å². The van der Waals surface area contributed by atoms with Gasteiger partial charge in [0.25, 0.3) is 0 Å². The fourth-order valence-corrected chi connectivity index (χ4v) is 2.44. The van der Waals surface area contributed by atoms with Crippen molar-refractivity contribution in [2.24, 2.45) is 0 Å². The topological polar surface area (TPSA) is 61.0 Å². The molecule has 0 atom stereocenters. The van der Waals surface area contributed by atoms with E-state index in [1.54, 1.807) is 18.2 Å². The highest BCUT2D eigenvalue weighted by Crippen LogP contribution is 2.35. The molecule has 0 aliphatic rings. The first-order chi connectivity index (χ1) is 8.99. The van der Waals surface area contributed by atoms with Crippen LogP contribution in [-0.4, -0.2) is 9.97 Å². The third-order valence-corrected chi connectivity index (χ3v) is 3.41. The maximum atomic E-state index is 5.90. The minimum atomic E-state index is 0.169. The average molecular weight is 343 g/mol. The van der Waals surface area contributed by atoms with Gasteiger partial charge in [-0.1, -0.05) is 25.4 Å². The van der Waals surface area contributed by atoms with Crippen LogP contribution in [0.4, 0.5) is 5.82 Å². The molecule has 0 aliphatic carbocycles. The summed E-state index contributed by atoms with van der Waals surface area (Å²) in [4.78, 5) is 8.15. The summed E-state index contributed by atoms with van der Waals surface area (Å²) in [5, 5.41) is 0.630. The van der Waals surface area contributed by atoms with Gasteiger partial charge in [-0.05, 0) is 40.0 Å². The van der Waals surface area contributed by atoms with Crippen LogP contribution in [0.1, 0.15) is 25.3 Å². The van der Waals surface area contributed by atoms with E-state index in [1.807, 2.05) is 13.8 Å². The van der Waals surface area contributed by atoms with Crippen LogP contribution in [0, 0.1) is 0 Å². The van der Waals surface area contributed by atoms with E-state index >= 15 is 0 Å². The molecule has 0 bridgehead atoms. The molecule has 0 aliphatic heterocycles. The lowest BCUT2D eigenvalue weighted by atomic mass is 10.1. The Balaban J connectivity index is 2.41. The van der Waals surface area contributed by atoms with Crippen LogP contribution in [0.25, 0.3) is 0 Å². The Hall–Kier alpha value is -1.33. The Morgan fingerprint density at radius 1 is 1.32 bits per heavy atom. The number of benzene rings is 1. The van der Waals surface area contributed by atoms with Gasteiger partial charge in [0, 0.05) is 5.02 Å². The summed E-state index contributed by atoms with van der Waals surface area (Å²) >= 11 is 9.30. The van der Waals surface area contributed by atoms with Crippen molar-refractivity contribution in [3.63, 3.8) is 0 Å². The van der Waals surface area contributed by atoms with Crippen LogP contribution >= 0.6 is 27.5 Å². The average Bonchev–Trinajstić information content (AvgIpc) is 2.32. The molecule has 0 amide bonds. The molecule has 0 fully saturated rings. The molecule has 1 aromatic carbocycles. The van der Waals surface area contributed by atoms with Gasteiger partial charge in [0.1, 0.15) is 17.9 Å². The molecule has 0 unspecified atom stereocenters. The number of aromatic nitrogens is 2. The highest BCUT2D eigenvalue weighted by molar-refractivity contribution is 9.10. The number of nitrogen functional groups attached to an aromatic ring is 1. The van der Waals surface area contributed by atoms with Crippen LogP contribution in [-0.2, 0) is 0 Å². The fourth-order valence-electron chi connectivity index (χ4n) is 1.68. The Morgan fingerprint density at radius 3 is 2.68 bits per heavy atom. The maximum Gasteiger partial charge on any atom is 0.227 e. The lowest BCUT2D eigenvalue weighted by Gasteiger charge is -2.14. The van der Waals surface area contributed by atoms with E-state index in [2.05, 4.69) is 25.9 Å². The second-order valence-corrected chi connectivity index (χ2v) is 5.60. The van der Waals surface area contributed by atoms with Crippen molar-refractivity contribution in [1.29, 1.82) is 0 Å². The van der Waals surface area contributed by atoms with Gasteiger partial charge in [-0.3, -0.25) is 0 Å². The van der Waals surface area contributed by atoms with Crippen LogP contribution < -0.4 is 10.5 Å². The van der Waals surface area contributed by atoms with Gasteiger partial charge in [-0.25, -0.2) is 9.97 Å². The van der Waals surface area contributed by atoms with Gasteiger partial charge >= 0.3 is 0 Å². The molecule has 19 heavy (non-hydrogen) atoms. The van der Waals surface area contributed by atoms with Crippen molar-refractivity contribution in [3.8, 4) is 11.6 Å². The highest BCUT2D eigenvalue weighted by Gasteiger charge is 2.16. The van der Waals surface area contributed by atoms with Gasteiger partial charge in [0.15, 0.2) is 0 Å². The first-order valence-electron chi connectivity index (χ1n) is 5.72. The molecule has 2 aromatic rings. The van der Waals surface area contributed by atoms with Gasteiger partial charge in [-0.15, -0.1) is 0 Å². The third-order valence-electron chi connectivity index (χ3n) is 2.56. The molecule has 4 nitrogen and oxygen atoms in total.